The molecule has 0 atom stereocenters. The highest BCUT2D eigenvalue weighted by Crippen LogP contribution is 1.97. The minimum Gasteiger partial charge on any atom is -0.379 e. The second-order valence-electron chi connectivity index (χ2n) is 4.26. The van der Waals surface area contributed by atoms with Gasteiger partial charge in [-0.25, -0.2) is 0 Å². The van der Waals surface area contributed by atoms with E-state index in [1.807, 2.05) is 0 Å². The van der Waals surface area contributed by atoms with Gasteiger partial charge >= 0.3 is 0 Å². The van der Waals surface area contributed by atoms with E-state index in [2.05, 4.69) is 23.7 Å². The summed E-state index contributed by atoms with van der Waals surface area (Å²) in [6.45, 7) is 13.4. The van der Waals surface area contributed by atoms with E-state index in [1.165, 1.54) is 18.5 Å². The lowest BCUT2D eigenvalue weighted by molar-refractivity contribution is 0.0375. The molecule has 3 heteroatoms. The SMILES string of the molecule is C=C(C)CCNCCCN1CCOCC1. The Labute approximate surface area is 93.5 Å². The average molecular weight is 212 g/mol. The number of rotatable bonds is 7. The molecule has 3 nitrogen and oxygen atoms in total. The van der Waals surface area contributed by atoms with Crippen LogP contribution >= 0.6 is 0 Å². The molecular weight excluding hydrogens is 188 g/mol. The second-order valence-corrected chi connectivity index (χ2v) is 4.26. The maximum atomic E-state index is 5.30. The van der Waals surface area contributed by atoms with E-state index < -0.39 is 0 Å². The lowest BCUT2D eigenvalue weighted by Crippen LogP contribution is -2.37. The van der Waals surface area contributed by atoms with Crippen LogP contribution in [0.1, 0.15) is 19.8 Å². The van der Waals surface area contributed by atoms with Gasteiger partial charge in [-0.05, 0) is 39.4 Å². The van der Waals surface area contributed by atoms with Crippen molar-refractivity contribution in [1.29, 1.82) is 0 Å². The van der Waals surface area contributed by atoms with Crippen LogP contribution in [-0.4, -0.2) is 50.8 Å². The molecular formula is C12H24N2O. The predicted molar refractivity (Wildman–Crippen MR) is 64.2 cm³/mol. The van der Waals surface area contributed by atoms with Crippen LogP contribution in [0.5, 0.6) is 0 Å². The molecule has 0 aromatic rings. The van der Waals surface area contributed by atoms with Gasteiger partial charge in [-0.1, -0.05) is 5.57 Å². The van der Waals surface area contributed by atoms with Gasteiger partial charge < -0.3 is 10.1 Å². The highest BCUT2D eigenvalue weighted by molar-refractivity contribution is 4.88. The van der Waals surface area contributed by atoms with Gasteiger partial charge in [-0.15, -0.1) is 6.58 Å². The molecule has 1 N–H and O–H groups in total. The van der Waals surface area contributed by atoms with Crippen LogP contribution in [0.15, 0.2) is 12.2 Å². The van der Waals surface area contributed by atoms with Crippen LogP contribution in [0.3, 0.4) is 0 Å². The summed E-state index contributed by atoms with van der Waals surface area (Å²) in [6, 6.07) is 0. The number of morpholine rings is 1. The normalized spacial score (nSPS) is 17.9. The van der Waals surface area contributed by atoms with Crippen molar-refractivity contribution in [1.82, 2.24) is 10.2 Å². The Morgan fingerprint density at radius 2 is 2.07 bits per heavy atom. The Morgan fingerprint density at radius 1 is 1.33 bits per heavy atom. The summed E-state index contributed by atoms with van der Waals surface area (Å²) in [5.74, 6) is 0. The Hall–Kier alpha value is -0.380. The maximum Gasteiger partial charge on any atom is 0.0594 e. The third kappa shape index (κ3) is 6.66. The molecule has 1 rings (SSSR count). The number of nitrogens with zero attached hydrogens (tertiary/aromatic N) is 1. The van der Waals surface area contributed by atoms with Crippen molar-refractivity contribution in [3.8, 4) is 0 Å². The van der Waals surface area contributed by atoms with E-state index in [0.29, 0.717) is 0 Å². The second kappa shape index (κ2) is 7.85. The van der Waals surface area contributed by atoms with Crippen molar-refractivity contribution >= 4 is 0 Å². The van der Waals surface area contributed by atoms with Crippen molar-refractivity contribution in [3.63, 3.8) is 0 Å². The van der Waals surface area contributed by atoms with Crippen molar-refractivity contribution in [3.05, 3.63) is 12.2 Å². The van der Waals surface area contributed by atoms with E-state index in [-0.39, 0.29) is 0 Å². The van der Waals surface area contributed by atoms with Gasteiger partial charge in [0, 0.05) is 13.1 Å². The zero-order valence-corrected chi connectivity index (χ0v) is 9.93. The molecule has 1 heterocycles. The third-order valence-electron chi connectivity index (χ3n) is 2.66. The zero-order valence-electron chi connectivity index (χ0n) is 9.93. The topological polar surface area (TPSA) is 24.5 Å². The lowest BCUT2D eigenvalue weighted by Gasteiger charge is -2.26. The molecule has 1 aliphatic rings. The minimum absolute atomic E-state index is 0.906. The molecule has 0 amide bonds. The van der Waals surface area contributed by atoms with Crippen molar-refractivity contribution < 1.29 is 4.74 Å². The van der Waals surface area contributed by atoms with Crippen LogP contribution in [0, 0.1) is 0 Å². The summed E-state index contributed by atoms with van der Waals surface area (Å²) in [4.78, 5) is 2.48. The van der Waals surface area contributed by atoms with Gasteiger partial charge in [-0.2, -0.15) is 0 Å². The summed E-state index contributed by atoms with van der Waals surface area (Å²) in [7, 11) is 0. The molecule has 88 valence electrons. The fraction of sp³-hybridized carbons (Fsp3) is 0.833. The quantitative estimate of drug-likeness (QED) is 0.508. The number of hydrogen-bond acceptors (Lipinski definition) is 3. The fourth-order valence-corrected chi connectivity index (χ4v) is 1.68. The molecule has 0 aromatic carbocycles. The van der Waals surface area contributed by atoms with E-state index >= 15 is 0 Å². The fourth-order valence-electron chi connectivity index (χ4n) is 1.68. The van der Waals surface area contributed by atoms with Crippen LogP contribution < -0.4 is 5.32 Å². The predicted octanol–water partition coefficient (Wildman–Crippen LogP) is 1.26. The summed E-state index contributed by atoms with van der Waals surface area (Å²) in [6.07, 6.45) is 2.33. The van der Waals surface area contributed by atoms with Gasteiger partial charge in [-0.3, -0.25) is 4.90 Å². The van der Waals surface area contributed by atoms with Crippen LogP contribution in [0.25, 0.3) is 0 Å². The molecule has 1 fully saturated rings. The Balaban J connectivity index is 1.85. The largest absolute Gasteiger partial charge is 0.379 e. The summed E-state index contributed by atoms with van der Waals surface area (Å²) in [5, 5.41) is 3.44. The number of nitrogens with one attached hydrogen (secondary N) is 1. The molecule has 0 unspecified atom stereocenters. The highest BCUT2D eigenvalue weighted by Gasteiger charge is 2.08. The zero-order chi connectivity index (χ0) is 10.9. The van der Waals surface area contributed by atoms with E-state index in [1.54, 1.807) is 0 Å². The minimum atomic E-state index is 0.906. The summed E-state index contributed by atoms with van der Waals surface area (Å²) < 4.78 is 5.30. The monoisotopic (exact) mass is 212 g/mol. The molecule has 0 saturated carbocycles. The first-order chi connectivity index (χ1) is 7.29. The first kappa shape index (κ1) is 12.7. The average Bonchev–Trinajstić information content (AvgIpc) is 2.24. The Bertz CT molecular complexity index is 176. The van der Waals surface area contributed by atoms with E-state index in [9.17, 15) is 0 Å². The van der Waals surface area contributed by atoms with Crippen molar-refractivity contribution in [2.24, 2.45) is 0 Å². The third-order valence-corrected chi connectivity index (χ3v) is 2.66. The molecule has 1 saturated heterocycles. The van der Waals surface area contributed by atoms with E-state index in [0.717, 1.165) is 45.8 Å². The van der Waals surface area contributed by atoms with Crippen LogP contribution in [-0.2, 0) is 4.74 Å². The number of hydrogen-bond donors (Lipinski definition) is 1. The molecule has 0 bridgehead atoms. The molecule has 1 aliphatic heterocycles. The first-order valence-electron chi connectivity index (χ1n) is 5.94. The number of ether oxygens (including phenoxy) is 1. The van der Waals surface area contributed by atoms with Gasteiger partial charge in [0.1, 0.15) is 0 Å². The van der Waals surface area contributed by atoms with Crippen molar-refractivity contribution in [2.75, 3.05) is 45.9 Å². The van der Waals surface area contributed by atoms with Gasteiger partial charge in [0.2, 0.25) is 0 Å². The van der Waals surface area contributed by atoms with Gasteiger partial charge in [0.05, 0.1) is 13.2 Å². The standard InChI is InChI=1S/C12H24N2O/c1-12(2)4-6-13-5-3-7-14-8-10-15-11-9-14/h13H,1,3-11H2,2H3. The lowest BCUT2D eigenvalue weighted by atomic mass is 10.2. The molecule has 0 aromatic heterocycles. The Morgan fingerprint density at radius 3 is 2.73 bits per heavy atom. The van der Waals surface area contributed by atoms with Gasteiger partial charge in [0.15, 0.2) is 0 Å². The smallest absolute Gasteiger partial charge is 0.0594 e. The Kier molecular flexibility index (Phi) is 6.64. The molecule has 0 radical (unpaired) electrons. The van der Waals surface area contributed by atoms with Gasteiger partial charge in [0.25, 0.3) is 0 Å². The van der Waals surface area contributed by atoms with Crippen LogP contribution in [0.2, 0.25) is 0 Å². The summed E-state index contributed by atoms with van der Waals surface area (Å²) in [5.41, 5.74) is 1.26. The van der Waals surface area contributed by atoms with Crippen LogP contribution in [0.4, 0.5) is 0 Å². The maximum absolute atomic E-state index is 5.30. The molecule has 0 aliphatic carbocycles. The first-order valence-corrected chi connectivity index (χ1v) is 5.94. The van der Waals surface area contributed by atoms with Crippen molar-refractivity contribution in [2.45, 2.75) is 19.8 Å². The van der Waals surface area contributed by atoms with E-state index in [4.69, 9.17) is 4.74 Å². The summed E-state index contributed by atoms with van der Waals surface area (Å²) >= 11 is 0. The highest BCUT2D eigenvalue weighted by atomic mass is 16.5. The molecule has 0 spiro atoms. The molecule has 15 heavy (non-hydrogen) atoms.